The first-order valence-electron chi connectivity index (χ1n) is 6.98. The number of hydrogen-bond acceptors (Lipinski definition) is 3. The van der Waals surface area contributed by atoms with Crippen molar-refractivity contribution in [1.29, 1.82) is 0 Å². The Morgan fingerprint density at radius 3 is 2.75 bits per heavy atom. The minimum absolute atomic E-state index is 0.0865. The fourth-order valence-electron chi connectivity index (χ4n) is 2.46. The number of rotatable bonds is 6. The Kier molecular flexibility index (Phi) is 5.15. The highest BCUT2D eigenvalue weighted by Crippen LogP contribution is 2.20. The van der Waals surface area contributed by atoms with Crippen LogP contribution in [-0.2, 0) is 23.2 Å². The molecule has 5 nitrogen and oxygen atoms in total. The molecule has 6 heteroatoms. The van der Waals surface area contributed by atoms with Crippen molar-refractivity contribution in [1.82, 2.24) is 9.03 Å². The van der Waals surface area contributed by atoms with Gasteiger partial charge in [-0.2, -0.15) is 17.4 Å². The van der Waals surface area contributed by atoms with E-state index >= 15 is 0 Å². The zero-order valence-corrected chi connectivity index (χ0v) is 12.6. The molecular weight excluding hydrogens is 276 g/mol. The third-order valence-electron chi connectivity index (χ3n) is 3.58. The summed E-state index contributed by atoms with van der Waals surface area (Å²) in [4.78, 5) is 0. The SMILES string of the molecule is CC(CCCO)NS(=O)(=O)N1CCc2ccccc2C1. The van der Waals surface area contributed by atoms with Crippen molar-refractivity contribution in [2.24, 2.45) is 0 Å². The van der Waals surface area contributed by atoms with Crippen LogP contribution in [0.3, 0.4) is 0 Å². The van der Waals surface area contributed by atoms with Gasteiger partial charge in [0.25, 0.3) is 10.2 Å². The molecule has 2 rings (SSSR count). The lowest BCUT2D eigenvalue weighted by atomic mass is 10.0. The summed E-state index contributed by atoms with van der Waals surface area (Å²) in [6, 6.07) is 7.79. The van der Waals surface area contributed by atoms with Crippen LogP contribution in [0.1, 0.15) is 30.9 Å². The first-order chi connectivity index (χ1) is 9.53. The van der Waals surface area contributed by atoms with Crippen LogP contribution in [0.4, 0.5) is 0 Å². The molecule has 0 saturated heterocycles. The number of nitrogens with zero attached hydrogens (tertiary/aromatic N) is 1. The summed E-state index contributed by atoms with van der Waals surface area (Å²) in [6.07, 6.45) is 1.99. The highest BCUT2D eigenvalue weighted by atomic mass is 32.2. The van der Waals surface area contributed by atoms with Crippen LogP contribution in [0.15, 0.2) is 24.3 Å². The van der Waals surface area contributed by atoms with Gasteiger partial charge in [0.15, 0.2) is 0 Å². The van der Waals surface area contributed by atoms with E-state index in [1.807, 2.05) is 25.1 Å². The molecule has 1 unspecified atom stereocenters. The van der Waals surface area contributed by atoms with Crippen LogP contribution in [-0.4, -0.2) is 37.0 Å². The lowest BCUT2D eigenvalue weighted by Gasteiger charge is -2.29. The van der Waals surface area contributed by atoms with Gasteiger partial charge in [-0.3, -0.25) is 0 Å². The third kappa shape index (κ3) is 3.79. The molecule has 0 saturated carbocycles. The Bertz CT molecular complexity index is 545. The predicted octanol–water partition coefficient (Wildman–Crippen LogP) is 1.04. The lowest BCUT2D eigenvalue weighted by Crippen LogP contribution is -2.46. The van der Waals surface area contributed by atoms with E-state index in [-0.39, 0.29) is 12.6 Å². The molecular formula is C14H22N2O3S. The minimum atomic E-state index is -3.45. The smallest absolute Gasteiger partial charge is 0.280 e. The molecule has 20 heavy (non-hydrogen) atoms. The molecule has 0 radical (unpaired) electrons. The fraction of sp³-hybridized carbons (Fsp3) is 0.571. The molecule has 1 aliphatic rings. The molecule has 1 aromatic rings. The average molecular weight is 298 g/mol. The van der Waals surface area contributed by atoms with E-state index in [2.05, 4.69) is 10.8 Å². The molecule has 112 valence electrons. The molecule has 1 aromatic carbocycles. The van der Waals surface area contributed by atoms with Crippen LogP contribution in [0.2, 0.25) is 0 Å². The summed E-state index contributed by atoms with van der Waals surface area (Å²) >= 11 is 0. The third-order valence-corrected chi connectivity index (χ3v) is 5.27. The van der Waals surface area contributed by atoms with Gasteiger partial charge in [0.2, 0.25) is 0 Å². The normalized spacial score (nSPS) is 17.7. The van der Waals surface area contributed by atoms with Crippen molar-refractivity contribution >= 4 is 10.2 Å². The van der Waals surface area contributed by atoms with Gasteiger partial charge in [-0.1, -0.05) is 24.3 Å². The van der Waals surface area contributed by atoms with Crippen LogP contribution in [0.25, 0.3) is 0 Å². The monoisotopic (exact) mass is 298 g/mol. The Morgan fingerprint density at radius 1 is 1.35 bits per heavy atom. The van der Waals surface area contributed by atoms with E-state index in [0.717, 1.165) is 12.0 Å². The molecule has 1 heterocycles. The van der Waals surface area contributed by atoms with Gasteiger partial charge in [0.1, 0.15) is 0 Å². The average Bonchev–Trinajstić information content (AvgIpc) is 2.44. The van der Waals surface area contributed by atoms with Crippen LogP contribution in [0.5, 0.6) is 0 Å². The summed E-state index contributed by atoms with van der Waals surface area (Å²) in [6.45, 7) is 2.85. The number of aliphatic hydroxyl groups is 1. The highest BCUT2D eigenvalue weighted by Gasteiger charge is 2.27. The maximum atomic E-state index is 12.3. The zero-order chi connectivity index (χ0) is 14.6. The number of benzene rings is 1. The predicted molar refractivity (Wildman–Crippen MR) is 78.4 cm³/mol. The molecule has 1 aliphatic heterocycles. The fourth-order valence-corrected chi connectivity index (χ4v) is 3.88. The maximum absolute atomic E-state index is 12.3. The van der Waals surface area contributed by atoms with Crippen molar-refractivity contribution in [3.63, 3.8) is 0 Å². The second-order valence-corrected chi connectivity index (χ2v) is 6.94. The molecule has 0 fully saturated rings. The van der Waals surface area contributed by atoms with Gasteiger partial charge in [-0.15, -0.1) is 0 Å². The highest BCUT2D eigenvalue weighted by molar-refractivity contribution is 7.87. The van der Waals surface area contributed by atoms with Crippen molar-refractivity contribution in [2.75, 3.05) is 13.2 Å². The zero-order valence-electron chi connectivity index (χ0n) is 11.7. The molecule has 0 spiro atoms. The van der Waals surface area contributed by atoms with Gasteiger partial charge in [-0.05, 0) is 37.3 Å². The van der Waals surface area contributed by atoms with E-state index in [4.69, 9.17) is 5.11 Å². The van der Waals surface area contributed by atoms with E-state index < -0.39 is 10.2 Å². The van der Waals surface area contributed by atoms with E-state index in [9.17, 15) is 8.42 Å². The summed E-state index contributed by atoms with van der Waals surface area (Å²) in [7, 11) is -3.45. The van der Waals surface area contributed by atoms with Crippen molar-refractivity contribution in [3.8, 4) is 0 Å². The second kappa shape index (κ2) is 6.67. The summed E-state index contributed by atoms with van der Waals surface area (Å²) < 4.78 is 28.8. The summed E-state index contributed by atoms with van der Waals surface area (Å²) in [5, 5.41) is 8.78. The molecule has 0 aliphatic carbocycles. The summed E-state index contributed by atoms with van der Waals surface area (Å²) in [5.41, 5.74) is 2.31. The molecule has 1 atom stereocenters. The second-order valence-electron chi connectivity index (χ2n) is 5.24. The largest absolute Gasteiger partial charge is 0.396 e. The van der Waals surface area contributed by atoms with Gasteiger partial charge in [0.05, 0.1) is 0 Å². The number of aliphatic hydroxyl groups excluding tert-OH is 1. The quantitative estimate of drug-likeness (QED) is 0.824. The van der Waals surface area contributed by atoms with E-state index in [1.54, 1.807) is 0 Å². The summed E-state index contributed by atoms with van der Waals surface area (Å²) in [5.74, 6) is 0. The van der Waals surface area contributed by atoms with E-state index in [1.165, 1.54) is 9.87 Å². The van der Waals surface area contributed by atoms with Gasteiger partial charge >= 0.3 is 0 Å². The van der Waals surface area contributed by atoms with Gasteiger partial charge in [0, 0.05) is 25.7 Å². The number of nitrogens with one attached hydrogen (secondary N) is 1. The Morgan fingerprint density at radius 2 is 2.05 bits per heavy atom. The van der Waals surface area contributed by atoms with Crippen LogP contribution < -0.4 is 4.72 Å². The minimum Gasteiger partial charge on any atom is -0.396 e. The Hall–Kier alpha value is -0.950. The first-order valence-corrected chi connectivity index (χ1v) is 8.42. The molecule has 0 bridgehead atoms. The Labute approximate surface area is 120 Å². The number of fused-ring (bicyclic) bond motifs is 1. The van der Waals surface area contributed by atoms with Gasteiger partial charge < -0.3 is 5.11 Å². The first kappa shape index (κ1) is 15.4. The lowest BCUT2D eigenvalue weighted by molar-refractivity contribution is 0.278. The van der Waals surface area contributed by atoms with Crippen LogP contribution >= 0.6 is 0 Å². The van der Waals surface area contributed by atoms with Gasteiger partial charge in [-0.25, -0.2) is 0 Å². The number of hydrogen-bond donors (Lipinski definition) is 2. The standard InChI is InChI=1S/C14H22N2O3S/c1-12(5-4-10-17)15-20(18,19)16-9-8-13-6-2-3-7-14(13)11-16/h2-3,6-7,12,15,17H,4-5,8-11H2,1H3. The Balaban J connectivity index is 2.01. The van der Waals surface area contributed by atoms with Crippen LogP contribution in [0, 0.1) is 0 Å². The molecule has 0 amide bonds. The maximum Gasteiger partial charge on any atom is 0.280 e. The molecule has 2 N–H and O–H groups in total. The topological polar surface area (TPSA) is 69.6 Å². The van der Waals surface area contributed by atoms with Crippen molar-refractivity contribution in [2.45, 2.75) is 38.8 Å². The van der Waals surface area contributed by atoms with E-state index in [0.29, 0.717) is 25.9 Å². The van der Waals surface area contributed by atoms with Crippen molar-refractivity contribution < 1.29 is 13.5 Å². The van der Waals surface area contributed by atoms with Crippen molar-refractivity contribution in [3.05, 3.63) is 35.4 Å². The molecule has 0 aromatic heterocycles.